The van der Waals surface area contributed by atoms with Gasteiger partial charge in [0.2, 0.25) is 11.2 Å². The van der Waals surface area contributed by atoms with E-state index in [9.17, 15) is 5.11 Å². The Balaban J connectivity index is 2.07. The van der Waals surface area contributed by atoms with E-state index in [1.807, 2.05) is 20.8 Å². The number of aliphatic hydroxyl groups excluding tert-OH is 1. The van der Waals surface area contributed by atoms with E-state index in [0.717, 1.165) is 25.9 Å². The number of aromatic nitrogens is 3. The molecule has 0 aromatic carbocycles. The number of aliphatic hydroxyl groups is 1. The van der Waals surface area contributed by atoms with Gasteiger partial charge in [0.15, 0.2) is 0 Å². The molecule has 1 aromatic rings. The van der Waals surface area contributed by atoms with Gasteiger partial charge in [-0.05, 0) is 51.1 Å². The zero-order valence-corrected chi connectivity index (χ0v) is 12.8. The van der Waals surface area contributed by atoms with Crippen LogP contribution < -0.4 is 9.64 Å². The second kappa shape index (κ2) is 6.54. The van der Waals surface area contributed by atoms with Gasteiger partial charge in [0.05, 0.1) is 12.2 Å². The molecule has 7 heteroatoms. The summed E-state index contributed by atoms with van der Waals surface area (Å²) < 4.78 is 5.47. The Hall–Kier alpha value is -1.14. The third-order valence-corrected chi connectivity index (χ3v) is 3.59. The van der Waals surface area contributed by atoms with Crippen LogP contribution in [0.3, 0.4) is 0 Å². The maximum atomic E-state index is 9.62. The van der Waals surface area contributed by atoms with Crippen LogP contribution in [0.2, 0.25) is 5.28 Å². The van der Waals surface area contributed by atoms with Crippen molar-refractivity contribution in [3.8, 4) is 6.01 Å². The van der Waals surface area contributed by atoms with E-state index in [-0.39, 0.29) is 23.5 Å². The zero-order valence-electron chi connectivity index (χ0n) is 12.1. The Labute approximate surface area is 124 Å². The molecule has 0 bridgehead atoms. The van der Waals surface area contributed by atoms with Gasteiger partial charge in [0.25, 0.3) is 0 Å². The minimum absolute atomic E-state index is 0.0118. The summed E-state index contributed by atoms with van der Waals surface area (Å²) in [7, 11) is 0. The lowest BCUT2D eigenvalue weighted by Crippen LogP contribution is -2.38. The standard InChI is InChI=1S/C13H21ClN4O2/c1-8(2)20-13-16-11(14)15-12(17-13)18-6-4-10(5-7-18)9(3)19/h8-10,19H,4-7H2,1-3H3. The van der Waals surface area contributed by atoms with E-state index in [1.165, 1.54) is 0 Å². The van der Waals surface area contributed by atoms with Gasteiger partial charge >= 0.3 is 6.01 Å². The number of hydrogen-bond donors (Lipinski definition) is 1. The monoisotopic (exact) mass is 300 g/mol. The van der Waals surface area contributed by atoms with Gasteiger partial charge in [-0.1, -0.05) is 0 Å². The molecule has 0 radical (unpaired) electrons. The van der Waals surface area contributed by atoms with Crippen molar-refractivity contribution in [2.24, 2.45) is 5.92 Å². The first-order valence-corrected chi connectivity index (χ1v) is 7.34. The van der Waals surface area contributed by atoms with E-state index in [0.29, 0.717) is 11.9 Å². The highest BCUT2D eigenvalue weighted by molar-refractivity contribution is 6.28. The Morgan fingerprint density at radius 3 is 2.40 bits per heavy atom. The summed E-state index contributed by atoms with van der Waals surface area (Å²) in [6, 6.07) is 0.257. The molecule has 1 aliphatic rings. The topological polar surface area (TPSA) is 71.4 Å². The van der Waals surface area contributed by atoms with Crippen LogP contribution in [-0.2, 0) is 0 Å². The SMILES string of the molecule is CC(C)Oc1nc(Cl)nc(N2CCC(C(C)O)CC2)n1. The van der Waals surface area contributed by atoms with Crippen molar-refractivity contribution in [1.29, 1.82) is 0 Å². The first kappa shape index (κ1) is 15.3. The molecule has 1 unspecified atom stereocenters. The predicted molar refractivity (Wildman–Crippen MR) is 77.2 cm³/mol. The van der Waals surface area contributed by atoms with Crippen LogP contribution in [0.15, 0.2) is 0 Å². The van der Waals surface area contributed by atoms with Crippen LogP contribution in [0.4, 0.5) is 5.95 Å². The van der Waals surface area contributed by atoms with Crippen molar-refractivity contribution in [1.82, 2.24) is 15.0 Å². The van der Waals surface area contributed by atoms with Crippen LogP contribution in [0.1, 0.15) is 33.6 Å². The van der Waals surface area contributed by atoms with Gasteiger partial charge in [-0.25, -0.2) is 0 Å². The van der Waals surface area contributed by atoms with Gasteiger partial charge in [-0.15, -0.1) is 0 Å². The van der Waals surface area contributed by atoms with E-state index in [2.05, 4.69) is 19.9 Å². The minimum Gasteiger partial charge on any atom is -0.461 e. The van der Waals surface area contributed by atoms with Crippen LogP contribution >= 0.6 is 11.6 Å². The highest BCUT2D eigenvalue weighted by atomic mass is 35.5. The van der Waals surface area contributed by atoms with E-state index in [1.54, 1.807) is 0 Å². The predicted octanol–water partition coefficient (Wildman–Crippen LogP) is 1.91. The summed E-state index contributed by atoms with van der Waals surface area (Å²) in [6.07, 6.45) is 1.56. The van der Waals surface area contributed by atoms with Gasteiger partial charge in [0, 0.05) is 13.1 Å². The molecule has 1 aromatic heterocycles. The highest BCUT2D eigenvalue weighted by Crippen LogP contribution is 2.24. The van der Waals surface area contributed by atoms with Crippen LogP contribution in [0, 0.1) is 5.92 Å². The Bertz CT molecular complexity index is 448. The molecule has 20 heavy (non-hydrogen) atoms. The minimum atomic E-state index is -0.265. The van der Waals surface area contributed by atoms with E-state index in [4.69, 9.17) is 16.3 Å². The molecule has 1 saturated heterocycles. The highest BCUT2D eigenvalue weighted by Gasteiger charge is 2.24. The smallest absolute Gasteiger partial charge is 0.322 e. The number of halogens is 1. The molecule has 1 N–H and O–H groups in total. The van der Waals surface area contributed by atoms with Crippen molar-refractivity contribution in [3.63, 3.8) is 0 Å². The Morgan fingerprint density at radius 1 is 1.20 bits per heavy atom. The number of rotatable bonds is 4. The van der Waals surface area contributed by atoms with E-state index >= 15 is 0 Å². The first-order valence-electron chi connectivity index (χ1n) is 6.97. The molecule has 6 nitrogen and oxygen atoms in total. The lowest BCUT2D eigenvalue weighted by atomic mass is 9.92. The summed E-state index contributed by atoms with van der Waals surface area (Å²) >= 11 is 5.92. The van der Waals surface area contributed by atoms with Crippen LogP contribution in [-0.4, -0.2) is 45.4 Å². The Kier molecular flexibility index (Phi) is 4.99. The largest absolute Gasteiger partial charge is 0.461 e. The van der Waals surface area contributed by atoms with Gasteiger partial charge in [-0.2, -0.15) is 15.0 Å². The molecular weight excluding hydrogens is 280 g/mol. The third-order valence-electron chi connectivity index (χ3n) is 3.42. The fraction of sp³-hybridized carbons (Fsp3) is 0.769. The van der Waals surface area contributed by atoms with Crippen molar-refractivity contribution >= 4 is 17.5 Å². The molecule has 2 heterocycles. The number of hydrogen-bond acceptors (Lipinski definition) is 6. The normalized spacial score (nSPS) is 18.4. The first-order chi connectivity index (χ1) is 9.45. The molecule has 2 rings (SSSR count). The number of anilines is 1. The molecular formula is C13H21ClN4O2. The Morgan fingerprint density at radius 2 is 1.85 bits per heavy atom. The lowest BCUT2D eigenvalue weighted by molar-refractivity contribution is 0.109. The summed E-state index contributed by atoms with van der Waals surface area (Å²) in [5, 5.41) is 9.76. The quantitative estimate of drug-likeness (QED) is 0.916. The maximum absolute atomic E-state index is 9.62. The molecule has 0 spiro atoms. The lowest BCUT2D eigenvalue weighted by Gasteiger charge is -2.33. The average molecular weight is 301 g/mol. The second-order valence-electron chi connectivity index (χ2n) is 5.42. The summed E-state index contributed by atoms with van der Waals surface area (Å²) in [6.45, 7) is 7.26. The molecule has 1 fully saturated rings. The van der Waals surface area contributed by atoms with Crippen molar-refractivity contribution in [2.75, 3.05) is 18.0 Å². The number of piperidine rings is 1. The van der Waals surface area contributed by atoms with Crippen LogP contribution in [0.25, 0.3) is 0 Å². The molecule has 0 aliphatic carbocycles. The summed E-state index contributed by atoms with van der Waals surface area (Å²) in [5.74, 6) is 0.889. The van der Waals surface area contributed by atoms with Gasteiger partial charge in [0.1, 0.15) is 0 Å². The number of ether oxygens (including phenoxy) is 1. The summed E-state index contributed by atoms with van der Waals surface area (Å²) in [4.78, 5) is 14.5. The molecule has 112 valence electrons. The van der Waals surface area contributed by atoms with Crippen LogP contribution in [0.5, 0.6) is 6.01 Å². The van der Waals surface area contributed by atoms with Crippen molar-refractivity contribution in [2.45, 2.75) is 45.8 Å². The fourth-order valence-corrected chi connectivity index (χ4v) is 2.46. The molecule has 1 aliphatic heterocycles. The van der Waals surface area contributed by atoms with Crippen molar-refractivity contribution < 1.29 is 9.84 Å². The van der Waals surface area contributed by atoms with Gasteiger partial charge < -0.3 is 14.7 Å². The molecule has 0 amide bonds. The van der Waals surface area contributed by atoms with E-state index < -0.39 is 0 Å². The zero-order chi connectivity index (χ0) is 14.7. The van der Waals surface area contributed by atoms with Gasteiger partial charge in [-0.3, -0.25) is 0 Å². The maximum Gasteiger partial charge on any atom is 0.322 e. The average Bonchev–Trinajstić information content (AvgIpc) is 2.37. The van der Waals surface area contributed by atoms with Crippen molar-refractivity contribution in [3.05, 3.63) is 5.28 Å². The number of nitrogens with zero attached hydrogens (tertiary/aromatic N) is 4. The molecule has 1 atom stereocenters. The third kappa shape index (κ3) is 3.93. The summed E-state index contributed by atoms with van der Waals surface area (Å²) in [5.41, 5.74) is 0. The molecule has 0 saturated carbocycles. The fourth-order valence-electron chi connectivity index (χ4n) is 2.31. The second-order valence-corrected chi connectivity index (χ2v) is 5.76.